The standard InChI is InChI=1S/C25H27N3O3S/c1-31-21-11-9-18(10-12-21)22(28-13-2-3-14-28)17-26-24(29)19-6-4-7-20(16-19)27-25(30)23-8-5-15-32-23/h4-12,15-16,22H,2-3,13-14,17H2,1H3,(H,26,29)(H,27,30)/t22-/m1/s1. The van der Waals surface area contributed by atoms with E-state index in [4.69, 9.17) is 4.74 Å². The van der Waals surface area contributed by atoms with E-state index >= 15 is 0 Å². The Hall–Kier alpha value is -3.16. The van der Waals surface area contributed by atoms with Crippen LogP contribution in [0.2, 0.25) is 0 Å². The second kappa shape index (κ2) is 10.4. The molecule has 1 atom stereocenters. The molecule has 1 aliphatic rings. The Morgan fingerprint density at radius 3 is 2.50 bits per heavy atom. The molecule has 0 spiro atoms. The first-order valence-corrected chi connectivity index (χ1v) is 11.6. The zero-order valence-corrected chi connectivity index (χ0v) is 18.9. The van der Waals surface area contributed by atoms with Crippen molar-refractivity contribution in [1.82, 2.24) is 10.2 Å². The second-order valence-electron chi connectivity index (χ2n) is 7.75. The zero-order chi connectivity index (χ0) is 22.3. The SMILES string of the molecule is COc1ccc([C@@H](CNC(=O)c2cccc(NC(=O)c3cccs3)c2)N2CCCC2)cc1. The summed E-state index contributed by atoms with van der Waals surface area (Å²) in [6.07, 6.45) is 2.35. The van der Waals surface area contributed by atoms with Gasteiger partial charge in [-0.2, -0.15) is 0 Å². The maximum Gasteiger partial charge on any atom is 0.265 e. The first-order valence-electron chi connectivity index (χ1n) is 10.7. The summed E-state index contributed by atoms with van der Waals surface area (Å²) in [6.45, 7) is 2.56. The first-order chi connectivity index (χ1) is 15.6. The molecule has 2 amide bonds. The summed E-state index contributed by atoms with van der Waals surface area (Å²) in [5, 5.41) is 7.81. The van der Waals surface area contributed by atoms with Crippen molar-refractivity contribution in [2.45, 2.75) is 18.9 Å². The van der Waals surface area contributed by atoms with Crippen molar-refractivity contribution >= 4 is 28.8 Å². The lowest BCUT2D eigenvalue weighted by molar-refractivity contribution is 0.0936. The first kappa shape index (κ1) is 22.0. The van der Waals surface area contributed by atoms with E-state index in [0.29, 0.717) is 22.7 Å². The zero-order valence-electron chi connectivity index (χ0n) is 18.0. The molecule has 0 unspecified atom stereocenters. The molecule has 0 radical (unpaired) electrons. The number of carbonyl (C=O) groups excluding carboxylic acids is 2. The molecule has 3 aromatic rings. The Labute approximate surface area is 192 Å². The van der Waals surface area contributed by atoms with Crippen LogP contribution in [0.1, 0.15) is 44.5 Å². The molecule has 2 heterocycles. The van der Waals surface area contributed by atoms with Crippen LogP contribution in [0.5, 0.6) is 5.75 Å². The van der Waals surface area contributed by atoms with Crippen LogP contribution in [0.4, 0.5) is 5.69 Å². The highest BCUT2D eigenvalue weighted by Gasteiger charge is 2.24. The molecule has 6 nitrogen and oxygen atoms in total. The Balaban J connectivity index is 1.43. The average Bonchev–Trinajstić information content (AvgIpc) is 3.54. The number of amides is 2. The minimum atomic E-state index is -0.175. The normalized spacial score (nSPS) is 14.7. The topological polar surface area (TPSA) is 70.7 Å². The van der Waals surface area contributed by atoms with Gasteiger partial charge in [0.05, 0.1) is 18.0 Å². The van der Waals surface area contributed by atoms with Crippen molar-refractivity contribution < 1.29 is 14.3 Å². The van der Waals surface area contributed by atoms with Crippen molar-refractivity contribution in [2.75, 3.05) is 32.1 Å². The summed E-state index contributed by atoms with van der Waals surface area (Å²) in [7, 11) is 1.66. The summed E-state index contributed by atoms with van der Waals surface area (Å²) < 4.78 is 5.28. The molecule has 0 bridgehead atoms. The number of nitrogens with one attached hydrogen (secondary N) is 2. The van der Waals surface area contributed by atoms with Gasteiger partial charge in [-0.15, -0.1) is 11.3 Å². The highest BCUT2D eigenvalue weighted by Crippen LogP contribution is 2.26. The van der Waals surface area contributed by atoms with Crippen LogP contribution in [0.15, 0.2) is 66.0 Å². The third-order valence-electron chi connectivity index (χ3n) is 5.67. The van der Waals surface area contributed by atoms with Crippen molar-refractivity contribution in [3.8, 4) is 5.75 Å². The largest absolute Gasteiger partial charge is 0.497 e. The fraction of sp³-hybridized carbons (Fsp3) is 0.280. The van der Waals surface area contributed by atoms with E-state index in [1.54, 1.807) is 37.4 Å². The quantitative estimate of drug-likeness (QED) is 0.528. The number of carbonyl (C=O) groups is 2. The molecule has 32 heavy (non-hydrogen) atoms. The van der Waals surface area contributed by atoms with E-state index < -0.39 is 0 Å². The Morgan fingerprint density at radius 1 is 1.03 bits per heavy atom. The van der Waals surface area contributed by atoms with E-state index in [1.165, 1.54) is 24.2 Å². The van der Waals surface area contributed by atoms with Crippen LogP contribution in [-0.2, 0) is 0 Å². The summed E-state index contributed by atoms with van der Waals surface area (Å²) in [4.78, 5) is 28.3. The Kier molecular flexibility index (Phi) is 7.19. The smallest absolute Gasteiger partial charge is 0.265 e. The third-order valence-corrected chi connectivity index (χ3v) is 6.53. The van der Waals surface area contributed by atoms with Gasteiger partial charge >= 0.3 is 0 Å². The summed E-state index contributed by atoms with van der Waals surface area (Å²) in [5.74, 6) is 0.487. The molecule has 2 aromatic carbocycles. The fourth-order valence-corrected chi connectivity index (χ4v) is 4.59. The van der Waals surface area contributed by atoms with Gasteiger partial charge in [-0.3, -0.25) is 14.5 Å². The minimum absolute atomic E-state index is 0.106. The highest BCUT2D eigenvalue weighted by molar-refractivity contribution is 7.12. The summed E-state index contributed by atoms with van der Waals surface area (Å²) in [6, 6.07) is 18.8. The number of ether oxygens (including phenoxy) is 1. The van der Waals surface area contributed by atoms with E-state index in [9.17, 15) is 9.59 Å². The molecule has 166 valence electrons. The highest BCUT2D eigenvalue weighted by atomic mass is 32.1. The van der Waals surface area contributed by atoms with Gasteiger partial charge in [0.15, 0.2) is 0 Å². The molecule has 2 N–H and O–H groups in total. The van der Waals surface area contributed by atoms with E-state index in [1.807, 2.05) is 23.6 Å². The number of thiophene rings is 1. The van der Waals surface area contributed by atoms with Crippen LogP contribution in [0.25, 0.3) is 0 Å². The van der Waals surface area contributed by atoms with Crippen molar-refractivity contribution in [1.29, 1.82) is 0 Å². The number of hydrogen-bond acceptors (Lipinski definition) is 5. The summed E-state index contributed by atoms with van der Waals surface area (Å²) >= 11 is 1.38. The number of rotatable bonds is 8. The molecule has 1 aromatic heterocycles. The number of likely N-dealkylation sites (tertiary alicyclic amines) is 1. The van der Waals surface area contributed by atoms with E-state index in [2.05, 4.69) is 27.7 Å². The van der Waals surface area contributed by atoms with Crippen LogP contribution in [-0.4, -0.2) is 43.5 Å². The molecule has 1 fully saturated rings. The van der Waals surface area contributed by atoms with Crippen molar-refractivity contribution in [3.63, 3.8) is 0 Å². The number of benzene rings is 2. The van der Waals surface area contributed by atoms with Gasteiger partial charge in [-0.1, -0.05) is 24.3 Å². The van der Waals surface area contributed by atoms with E-state index in [-0.39, 0.29) is 17.9 Å². The average molecular weight is 450 g/mol. The van der Waals surface area contributed by atoms with Gasteiger partial charge in [-0.05, 0) is 73.3 Å². The molecule has 1 saturated heterocycles. The van der Waals surface area contributed by atoms with Crippen molar-refractivity contribution in [3.05, 3.63) is 82.0 Å². The third kappa shape index (κ3) is 5.36. The van der Waals surface area contributed by atoms with Crippen molar-refractivity contribution in [2.24, 2.45) is 0 Å². The predicted molar refractivity (Wildman–Crippen MR) is 128 cm³/mol. The molecule has 0 aliphatic carbocycles. The fourth-order valence-electron chi connectivity index (χ4n) is 3.97. The molecule has 7 heteroatoms. The van der Waals surface area contributed by atoms with Gasteiger partial charge in [0.1, 0.15) is 5.75 Å². The van der Waals surface area contributed by atoms with Gasteiger partial charge in [0.25, 0.3) is 11.8 Å². The Bertz CT molecular complexity index is 1040. The lowest BCUT2D eigenvalue weighted by Crippen LogP contribution is -2.36. The number of hydrogen-bond donors (Lipinski definition) is 2. The maximum atomic E-state index is 12.9. The lowest BCUT2D eigenvalue weighted by atomic mass is 10.0. The number of nitrogens with zero attached hydrogens (tertiary/aromatic N) is 1. The van der Waals surface area contributed by atoms with Crippen LogP contribution in [0.3, 0.4) is 0 Å². The number of methoxy groups -OCH3 is 1. The summed E-state index contributed by atoms with van der Waals surface area (Å²) in [5.41, 5.74) is 2.27. The molecule has 0 saturated carbocycles. The number of anilines is 1. The van der Waals surface area contributed by atoms with Gasteiger partial charge in [-0.25, -0.2) is 0 Å². The van der Waals surface area contributed by atoms with Crippen LogP contribution < -0.4 is 15.4 Å². The van der Waals surface area contributed by atoms with Crippen LogP contribution >= 0.6 is 11.3 Å². The Morgan fingerprint density at radius 2 is 1.81 bits per heavy atom. The monoisotopic (exact) mass is 449 g/mol. The predicted octanol–water partition coefficient (Wildman–Crippen LogP) is 4.58. The van der Waals surface area contributed by atoms with Gasteiger partial charge in [0, 0.05) is 17.8 Å². The van der Waals surface area contributed by atoms with E-state index in [0.717, 1.165) is 24.4 Å². The second-order valence-corrected chi connectivity index (χ2v) is 8.70. The minimum Gasteiger partial charge on any atom is -0.497 e. The molecular weight excluding hydrogens is 422 g/mol. The van der Waals surface area contributed by atoms with Crippen LogP contribution in [0, 0.1) is 0 Å². The molecule has 1 aliphatic heterocycles. The molecule has 4 rings (SSSR count). The maximum absolute atomic E-state index is 12.9. The van der Waals surface area contributed by atoms with Gasteiger partial charge < -0.3 is 15.4 Å². The molecular formula is C25H27N3O3S. The lowest BCUT2D eigenvalue weighted by Gasteiger charge is -2.28. The van der Waals surface area contributed by atoms with Gasteiger partial charge in [0.2, 0.25) is 0 Å².